The average Bonchev–Trinajstić information content (AvgIpc) is 2.61. The van der Waals surface area contributed by atoms with E-state index in [-0.39, 0.29) is 25.4 Å². The fraction of sp³-hybridized carbons (Fsp3) is 0.316. The van der Waals surface area contributed by atoms with Crippen LogP contribution in [0.4, 0.5) is 0 Å². The van der Waals surface area contributed by atoms with Crippen LogP contribution in [0.25, 0.3) is 0 Å². The van der Waals surface area contributed by atoms with Crippen LogP contribution in [-0.2, 0) is 13.6 Å². The van der Waals surface area contributed by atoms with Crippen LogP contribution in [0.15, 0.2) is 54.6 Å². The lowest BCUT2D eigenvalue weighted by Gasteiger charge is -2.26. The van der Waals surface area contributed by atoms with Crippen molar-refractivity contribution in [2.24, 2.45) is 0 Å². The summed E-state index contributed by atoms with van der Waals surface area (Å²) in [6, 6.07) is 15.9. The van der Waals surface area contributed by atoms with Gasteiger partial charge < -0.3 is 9.05 Å². The molecule has 0 aromatic heterocycles. The van der Waals surface area contributed by atoms with Crippen molar-refractivity contribution in [3.8, 4) is 0 Å². The maximum atomic E-state index is 13.3. The Labute approximate surface area is 153 Å². The number of halogens is 1. The Balaban J connectivity index is 2.39. The van der Waals surface area contributed by atoms with Crippen LogP contribution in [0.3, 0.4) is 0 Å². The molecule has 4 nitrogen and oxygen atoms in total. The van der Waals surface area contributed by atoms with Crippen LogP contribution < -0.4 is 0 Å². The predicted molar refractivity (Wildman–Crippen MR) is 100 cm³/mol. The van der Waals surface area contributed by atoms with Crippen molar-refractivity contribution in [1.82, 2.24) is 0 Å². The number of hydrogen-bond donors (Lipinski definition) is 0. The summed E-state index contributed by atoms with van der Waals surface area (Å²) in [5.74, 6) is -0.111. The minimum atomic E-state index is -3.50. The Morgan fingerprint density at radius 1 is 1.00 bits per heavy atom. The molecule has 25 heavy (non-hydrogen) atoms. The van der Waals surface area contributed by atoms with Crippen molar-refractivity contribution in [1.29, 1.82) is 0 Å². The van der Waals surface area contributed by atoms with Gasteiger partial charge in [-0.15, -0.1) is 0 Å². The first-order valence-electron chi connectivity index (χ1n) is 8.22. The predicted octanol–water partition coefficient (Wildman–Crippen LogP) is 5.92. The van der Waals surface area contributed by atoms with E-state index in [1.54, 1.807) is 62.4 Å². The summed E-state index contributed by atoms with van der Waals surface area (Å²) in [6.45, 7) is 3.98. The number of carbonyl (C=O) groups excluding carboxylic acids is 1. The molecule has 0 aliphatic heterocycles. The summed E-state index contributed by atoms with van der Waals surface area (Å²) in [7, 11) is -3.50. The monoisotopic (exact) mass is 380 g/mol. The molecule has 0 amide bonds. The number of carbonyl (C=O) groups is 1. The largest absolute Gasteiger partial charge is 0.338 e. The van der Waals surface area contributed by atoms with Gasteiger partial charge in [0.1, 0.15) is 0 Å². The molecule has 2 aromatic carbocycles. The van der Waals surface area contributed by atoms with Crippen molar-refractivity contribution < 1.29 is 18.4 Å². The van der Waals surface area contributed by atoms with Gasteiger partial charge in [-0.05, 0) is 31.5 Å². The molecule has 6 heteroatoms. The molecule has 2 rings (SSSR count). The lowest BCUT2D eigenvalue weighted by atomic mass is 10.0. The zero-order valence-electron chi connectivity index (χ0n) is 14.4. The molecule has 0 radical (unpaired) electrons. The Morgan fingerprint density at radius 2 is 1.56 bits per heavy atom. The summed E-state index contributed by atoms with van der Waals surface area (Å²) < 4.78 is 24.3. The highest BCUT2D eigenvalue weighted by molar-refractivity contribution is 7.54. The molecule has 0 heterocycles. The molecule has 2 aromatic rings. The normalized spacial score (nSPS) is 12.8. The Bertz CT molecular complexity index is 721. The van der Waals surface area contributed by atoms with Crippen LogP contribution in [0.1, 0.15) is 41.8 Å². The second kappa shape index (κ2) is 9.30. The van der Waals surface area contributed by atoms with Crippen molar-refractivity contribution >= 4 is 25.0 Å². The zero-order chi connectivity index (χ0) is 18.3. The van der Waals surface area contributed by atoms with Gasteiger partial charge in [-0.1, -0.05) is 54.1 Å². The maximum Gasteiger partial charge on any atom is 0.338 e. The molecular weight excluding hydrogens is 359 g/mol. The van der Waals surface area contributed by atoms with E-state index in [9.17, 15) is 9.36 Å². The Morgan fingerprint density at radius 3 is 2.08 bits per heavy atom. The third-order valence-corrected chi connectivity index (χ3v) is 6.46. The van der Waals surface area contributed by atoms with Gasteiger partial charge in [0.2, 0.25) is 0 Å². The molecule has 0 spiro atoms. The van der Waals surface area contributed by atoms with E-state index in [1.165, 1.54) is 0 Å². The number of Topliss-reactive ketones (excluding diaryl/α,β-unsaturated/α-hetero) is 1. The van der Waals surface area contributed by atoms with Gasteiger partial charge >= 0.3 is 7.60 Å². The van der Waals surface area contributed by atoms with E-state index in [0.29, 0.717) is 16.1 Å². The number of hydrogen-bond acceptors (Lipinski definition) is 4. The van der Waals surface area contributed by atoms with Crippen LogP contribution in [0.2, 0.25) is 5.02 Å². The second-order valence-corrected chi connectivity index (χ2v) is 8.09. The van der Waals surface area contributed by atoms with Gasteiger partial charge in [0.05, 0.1) is 18.9 Å². The molecule has 1 unspecified atom stereocenters. The molecule has 134 valence electrons. The molecule has 0 saturated heterocycles. The lowest BCUT2D eigenvalue weighted by Crippen LogP contribution is -2.12. The van der Waals surface area contributed by atoms with E-state index in [2.05, 4.69) is 0 Å². The number of ketones is 1. The molecule has 1 atom stereocenters. The van der Waals surface area contributed by atoms with E-state index < -0.39 is 13.3 Å². The molecule has 0 N–H and O–H groups in total. The third-order valence-electron chi connectivity index (χ3n) is 3.73. The van der Waals surface area contributed by atoms with Crippen molar-refractivity contribution in [2.45, 2.75) is 25.9 Å². The van der Waals surface area contributed by atoms with Crippen LogP contribution in [0.5, 0.6) is 0 Å². The summed E-state index contributed by atoms with van der Waals surface area (Å²) in [6.07, 6.45) is 0.0307. The summed E-state index contributed by atoms with van der Waals surface area (Å²) in [5, 5.41) is 0.569. The van der Waals surface area contributed by atoms with Gasteiger partial charge in [0.15, 0.2) is 5.78 Å². The maximum absolute atomic E-state index is 13.3. The first-order chi connectivity index (χ1) is 12.0. The minimum absolute atomic E-state index is 0.0307. The molecule has 0 aliphatic carbocycles. The van der Waals surface area contributed by atoms with Gasteiger partial charge in [-0.2, -0.15) is 0 Å². The van der Waals surface area contributed by atoms with Gasteiger partial charge in [-0.3, -0.25) is 9.36 Å². The van der Waals surface area contributed by atoms with Gasteiger partial charge in [0, 0.05) is 17.0 Å². The molecule has 0 fully saturated rings. The third kappa shape index (κ3) is 5.26. The summed E-state index contributed by atoms with van der Waals surface area (Å²) in [4.78, 5) is 12.7. The van der Waals surface area contributed by atoms with E-state index in [4.69, 9.17) is 20.6 Å². The van der Waals surface area contributed by atoms with Gasteiger partial charge in [-0.25, -0.2) is 0 Å². The van der Waals surface area contributed by atoms with E-state index >= 15 is 0 Å². The smallest absolute Gasteiger partial charge is 0.308 e. The van der Waals surface area contributed by atoms with Crippen molar-refractivity contribution in [3.05, 3.63) is 70.7 Å². The molecule has 0 saturated carbocycles. The Hall–Kier alpha value is -1.45. The van der Waals surface area contributed by atoms with E-state index in [1.807, 2.05) is 6.07 Å². The standard InChI is InChI=1S/C19H22ClO4P/c1-3-23-25(22,24-4-2)19(16-10-12-17(20)13-11-16)14-18(21)15-8-6-5-7-9-15/h5-13,19H,3-4,14H2,1-2H3. The first-order valence-corrected chi connectivity index (χ1v) is 10.2. The molecule has 0 bridgehead atoms. The Kier molecular flexibility index (Phi) is 7.39. The molecular formula is C19H22ClO4P. The van der Waals surface area contributed by atoms with Crippen LogP contribution >= 0.6 is 19.2 Å². The second-order valence-electron chi connectivity index (χ2n) is 5.44. The van der Waals surface area contributed by atoms with E-state index in [0.717, 1.165) is 0 Å². The number of benzene rings is 2. The highest BCUT2D eigenvalue weighted by Crippen LogP contribution is 2.62. The number of rotatable bonds is 9. The fourth-order valence-electron chi connectivity index (χ4n) is 2.59. The quantitative estimate of drug-likeness (QED) is 0.400. The summed E-state index contributed by atoms with van der Waals surface area (Å²) in [5.41, 5.74) is 0.595. The SMILES string of the molecule is CCOP(=O)(OCC)C(CC(=O)c1ccccc1)c1ccc(Cl)cc1. The van der Waals surface area contributed by atoms with Crippen molar-refractivity contribution in [3.63, 3.8) is 0 Å². The minimum Gasteiger partial charge on any atom is -0.308 e. The van der Waals surface area contributed by atoms with Crippen molar-refractivity contribution in [2.75, 3.05) is 13.2 Å². The lowest BCUT2D eigenvalue weighted by molar-refractivity contribution is 0.0973. The van der Waals surface area contributed by atoms with Crippen LogP contribution in [0, 0.1) is 0 Å². The first kappa shape index (κ1) is 19.9. The summed E-state index contributed by atoms with van der Waals surface area (Å²) >= 11 is 5.96. The van der Waals surface area contributed by atoms with Gasteiger partial charge in [0.25, 0.3) is 0 Å². The average molecular weight is 381 g/mol. The highest BCUT2D eigenvalue weighted by Gasteiger charge is 2.38. The fourth-order valence-corrected chi connectivity index (χ4v) is 4.80. The zero-order valence-corrected chi connectivity index (χ0v) is 16.0. The van der Waals surface area contributed by atoms with Crippen LogP contribution in [-0.4, -0.2) is 19.0 Å². The molecule has 0 aliphatic rings. The highest BCUT2D eigenvalue weighted by atomic mass is 35.5. The topological polar surface area (TPSA) is 52.6 Å².